The average molecular weight is 415 g/mol. The Hall–Kier alpha value is -2.54. The van der Waals surface area contributed by atoms with Crippen LogP contribution in [0.2, 0.25) is 0 Å². The lowest BCUT2D eigenvalue weighted by atomic mass is 9.92. The van der Waals surface area contributed by atoms with Crippen molar-refractivity contribution in [2.75, 3.05) is 37.7 Å². The number of fused-ring (bicyclic) bond motifs is 1. The first kappa shape index (κ1) is 21.2. The second-order valence-electron chi connectivity index (χ2n) is 7.64. The van der Waals surface area contributed by atoms with Crippen LogP contribution < -0.4 is 20.3 Å². The highest BCUT2D eigenvalue weighted by molar-refractivity contribution is 7.10. The van der Waals surface area contributed by atoms with E-state index in [0.29, 0.717) is 13.1 Å². The zero-order valence-electron chi connectivity index (χ0n) is 17.4. The van der Waals surface area contributed by atoms with Crippen molar-refractivity contribution in [3.8, 4) is 5.75 Å². The maximum atomic E-state index is 12.3. The van der Waals surface area contributed by atoms with Gasteiger partial charge in [-0.3, -0.25) is 9.79 Å². The highest BCUT2D eigenvalue weighted by atomic mass is 32.1. The molecule has 0 unspecified atom stereocenters. The lowest BCUT2D eigenvalue weighted by Crippen LogP contribution is -2.42. The fourth-order valence-electron chi connectivity index (χ4n) is 3.20. The first-order valence-corrected chi connectivity index (χ1v) is 11.0. The van der Waals surface area contributed by atoms with E-state index in [-0.39, 0.29) is 17.9 Å². The van der Waals surface area contributed by atoms with Gasteiger partial charge in [-0.2, -0.15) is 0 Å². The summed E-state index contributed by atoms with van der Waals surface area (Å²) in [6.07, 6.45) is 0.818. The third kappa shape index (κ3) is 5.50. The lowest BCUT2D eigenvalue weighted by Gasteiger charge is -2.29. The molecular weight excluding hydrogens is 384 g/mol. The molecule has 0 radical (unpaired) electrons. The summed E-state index contributed by atoms with van der Waals surface area (Å²) in [5, 5.41) is 8.80. The number of hydrogen-bond donors (Lipinski definition) is 2. The molecule has 1 aromatic heterocycles. The SMILES string of the molecule is CCNC(=NCC(C)(C)c1cccs1)NCCCN1C(=O)COc2ccccc21. The van der Waals surface area contributed by atoms with E-state index in [9.17, 15) is 4.79 Å². The van der Waals surface area contributed by atoms with E-state index >= 15 is 0 Å². The Morgan fingerprint density at radius 1 is 1.24 bits per heavy atom. The van der Waals surface area contributed by atoms with Gasteiger partial charge < -0.3 is 20.3 Å². The molecule has 2 heterocycles. The van der Waals surface area contributed by atoms with Crippen LogP contribution in [-0.2, 0) is 10.2 Å². The normalized spacial score (nSPS) is 14.4. The van der Waals surface area contributed by atoms with E-state index in [0.717, 1.165) is 36.9 Å². The Morgan fingerprint density at radius 2 is 2.07 bits per heavy atom. The van der Waals surface area contributed by atoms with E-state index in [1.807, 2.05) is 29.2 Å². The lowest BCUT2D eigenvalue weighted by molar-refractivity contribution is -0.121. The molecular formula is C22H30N4O2S. The summed E-state index contributed by atoms with van der Waals surface area (Å²) >= 11 is 1.77. The summed E-state index contributed by atoms with van der Waals surface area (Å²) in [4.78, 5) is 20.2. The van der Waals surface area contributed by atoms with Crippen LogP contribution in [0, 0.1) is 0 Å². The van der Waals surface area contributed by atoms with Gasteiger partial charge in [-0.1, -0.05) is 32.0 Å². The molecule has 6 nitrogen and oxygen atoms in total. The minimum atomic E-state index is 0.000445. The number of carbonyl (C=O) groups is 1. The average Bonchev–Trinajstić information content (AvgIpc) is 3.26. The van der Waals surface area contributed by atoms with Gasteiger partial charge in [0.2, 0.25) is 0 Å². The van der Waals surface area contributed by atoms with Crippen LogP contribution in [0.3, 0.4) is 0 Å². The zero-order valence-corrected chi connectivity index (χ0v) is 18.2. The van der Waals surface area contributed by atoms with Crippen molar-refractivity contribution in [2.45, 2.75) is 32.6 Å². The molecule has 0 fully saturated rings. The maximum Gasteiger partial charge on any atom is 0.265 e. The Balaban J connectivity index is 1.53. The van der Waals surface area contributed by atoms with Crippen molar-refractivity contribution in [2.24, 2.45) is 4.99 Å². The fraction of sp³-hybridized carbons (Fsp3) is 0.455. The van der Waals surface area contributed by atoms with E-state index in [2.05, 4.69) is 48.9 Å². The Bertz CT molecular complexity index is 833. The summed E-state index contributed by atoms with van der Waals surface area (Å²) in [5.74, 6) is 1.58. The van der Waals surface area contributed by atoms with Crippen molar-refractivity contribution < 1.29 is 9.53 Å². The molecule has 0 aliphatic carbocycles. The number of nitrogens with one attached hydrogen (secondary N) is 2. The highest BCUT2D eigenvalue weighted by Crippen LogP contribution is 2.31. The van der Waals surface area contributed by atoms with Crippen molar-refractivity contribution in [3.63, 3.8) is 0 Å². The number of rotatable bonds is 8. The number of amides is 1. The van der Waals surface area contributed by atoms with Gasteiger partial charge in [0.15, 0.2) is 12.6 Å². The van der Waals surface area contributed by atoms with E-state index in [1.165, 1.54) is 4.88 Å². The summed E-state index contributed by atoms with van der Waals surface area (Å²) in [6.45, 7) is 9.49. The number of aliphatic imine (C=N–C) groups is 1. The molecule has 156 valence electrons. The molecule has 1 aliphatic heterocycles. The predicted octanol–water partition coefficient (Wildman–Crippen LogP) is 3.40. The number of hydrogen-bond acceptors (Lipinski definition) is 4. The topological polar surface area (TPSA) is 66.0 Å². The van der Waals surface area contributed by atoms with Crippen LogP contribution in [0.1, 0.15) is 32.1 Å². The molecule has 1 amide bonds. The van der Waals surface area contributed by atoms with E-state index < -0.39 is 0 Å². The number of thiophene rings is 1. The number of nitrogens with zero attached hydrogens (tertiary/aromatic N) is 2. The molecule has 29 heavy (non-hydrogen) atoms. The van der Waals surface area contributed by atoms with Gasteiger partial charge in [0.25, 0.3) is 5.91 Å². The molecule has 3 rings (SSSR count). The standard InChI is InChI=1S/C22H30N4O2S/c1-4-23-21(25-16-22(2,3)19-11-7-14-29-19)24-12-8-13-26-17-9-5-6-10-18(17)28-15-20(26)27/h5-7,9-11,14H,4,8,12-13,15-16H2,1-3H3,(H2,23,24,25). The third-order valence-electron chi connectivity index (χ3n) is 4.82. The second-order valence-corrected chi connectivity index (χ2v) is 8.59. The smallest absolute Gasteiger partial charge is 0.265 e. The molecule has 0 bridgehead atoms. The number of guanidine groups is 1. The van der Waals surface area contributed by atoms with Crippen LogP contribution in [0.4, 0.5) is 5.69 Å². The van der Waals surface area contributed by atoms with Gasteiger partial charge in [0.1, 0.15) is 5.75 Å². The van der Waals surface area contributed by atoms with Crippen molar-refractivity contribution in [3.05, 3.63) is 46.7 Å². The molecule has 0 atom stereocenters. The summed E-state index contributed by atoms with van der Waals surface area (Å²) < 4.78 is 5.50. The quantitative estimate of drug-likeness (QED) is 0.395. The van der Waals surface area contributed by atoms with Gasteiger partial charge in [0.05, 0.1) is 12.2 Å². The Kier molecular flexibility index (Phi) is 7.14. The largest absolute Gasteiger partial charge is 0.482 e. The number of ether oxygens (including phenoxy) is 1. The zero-order chi connectivity index (χ0) is 20.7. The van der Waals surface area contributed by atoms with Crippen LogP contribution >= 0.6 is 11.3 Å². The third-order valence-corrected chi connectivity index (χ3v) is 6.06. The Labute approximate surface area is 177 Å². The van der Waals surface area contributed by atoms with Crippen LogP contribution in [0.25, 0.3) is 0 Å². The van der Waals surface area contributed by atoms with Gasteiger partial charge in [-0.15, -0.1) is 11.3 Å². The van der Waals surface area contributed by atoms with Crippen molar-refractivity contribution in [1.29, 1.82) is 0 Å². The van der Waals surface area contributed by atoms with Crippen LogP contribution in [0.5, 0.6) is 5.75 Å². The minimum Gasteiger partial charge on any atom is -0.482 e. The number of carbonyl (C=O) groups excluding carboxylic acids is 1. The molecule has 7 heteroatoms. The fourth-order valence-corrected chi connectivity index (χ4v) is 4.05. The van der Waals surface area contributed by atoms with E-state index in [4.69, 9.17) is 9.73 Å². The van der Waals surface area contributed by atoms with Crippen LogP contribution in [-0.4, -0.2) is 44.7 Å². The molecule has 2 aromatic rings. The van der Waals surface area contributed by atoms with Crippen LogP contribution in [0.15, 0.2) is 46.8 Å². The first-order valence-electron chi connectivity index (χ1n) is 10.1. The van der Waals surface area contributed by atoms with E-state index in [1.54, 1.807) is 11.3 Å². The number of anilines is 1. The maximum absolute atomic E-state index is 12.3. The monoisotopic (exact) mass is 414 g/mol. The number of benzene rings is 1. The van der Waals surface area contributed by atoms with Gasteiger partial charge in [0, 0.05) is 29.9 Å². The molecule has 0 spiro atoms. The first-order chi connectivity index (χ1) is 14.0. The molecule has 2 N–H and O–H groups in total. The van der Waals surface area contributed by atoms with Gasteiger partial charge in [-0.05, 0) is 36.9 Å². The second kappa shape index (κ2) is 9.78. The Morgan fingerprint density at radius 3 is 2.83 bits per heavy atom. The van der Waals surface area contributed by atoms with Gasteiger partial charge >= 0.3 is 0 Å². The summed E-state index contributed by atoms with van der Waals surface area (Å²) in [5.41, 5.74) is 0.850. The molecule has 1 aliphatic rings. The minimum absolute atomic E-state index is 0.000445. The van der Waals surface area contributed by atoms with Gasteiger partial charge in [-0.25, -0.2) is 0 Å². The predicted molar refractivity (Wildman–Crippen MR) is 120 cm³/mol. The van der Waals surface area contributed by atoms with Crippen molar-refractivity contribution in [1.82, 2.24) is 10.6 Å². The summed E-state index contributed by atoms with van der Waals surface area (Å²) in [7, 11) is 0. The number of para-hydroxylation sites is 2. The molecule has 0 saturated heterocycles. The summed E-state index contributed by atoms with van der Waals surface area (Å²) in [6, 6.07) is 11.9. The molecule has 0 saturated carbocycles. The molecule has 1 aromatic carbocycles. The highest BCUT2D eigenvalue weighted by Gasteiger charge is 2.24. The van der Waals surface area contributed by atoms with Crippen molar-refractivity contribution >= 4 is 28.9 Å².